The molecule has 0 fully saturated rings. The predicted molar refractivity (Wildman–Crippen MR) is 67.5 cm³/mol. The molecule has 1 aromatic carbocycles. The molecule has 1 N–H and O–H groups in total. The van der Waals surface area contributed by atoms with E-state index in [-0.39, 0.29) is 0 Å². The monoisotopic (exact) mass is 239 g/mol. The molecule has 3 nitrogen and oxygen atoms in total. The van der Waals surface area contributed by atoms with Crippen LogP contribution in [0.2, 0.25) is 0 Å². The molecule has 1 heterocycles. The molecule has 1 aromatic heterocycles. The Kier molecular flexibility index (Phi) is 3.40. The summed E-state index contributed by atoms with van der Waals surface area (Å²) in [5.41, 5.74) is 2.24. The third-order valence-electron chi connectivity index (χ3n) is 2.24. The first-order valence-corrected chi connectivity index (χ1v) is 5.91. The van der Waals surface area contributed by atoms with Crippen LogP contribution in [0.1, 0.15) is 16.0 Å². The van der Waals surface area contributed by atoms with Gasteiger partial charge in [0.2, 0.25) is 0 Å². The zero-order valence-electron chi connectivity index (χ0n) is 8.97. The largest absolute Gasteiger partial charge is 0.380 e. The fourth-order valence-corrected chi connectivity index (χ4v) is 2.17. The Balaban J connectivity index is 2.03. The summed E-state index contributed by atoms with van der Waals surface area (Å²) in [7, 11) is 0. The molecular formula is C13H9N3S. The molecule has 2 aromatic rings. The molecule has 2 rings (SSSR count). The van der Waals surface area contributed by atoms with Gasteiger partial charge in [0.15, 0.2) is 0 Å². The number of benzene rings is 1. The smallest absolute Gasteiger partial charge is 0.100 e. The average molecular weight is 239 g/mol. The lowest BCUT2D eigenvalue weighted by molar-refractivity contribution is 1.19. The summed E-state index contributed by atoms with van der Waals surface area (Å²) in [6.45, 7) is 0.668. The van der Waals surface area contributed by atoms with Crippen LogP contribution in [-0.4, -0.2) is 0 Å². The molecule has 0 radical (unpaired) electrons. The quantitative estimate of drug-likeness (QED) is 0.895. The minimum absolute atomic E-state index is 0.638. The standard InChI is InChI=1S/C13H9N3S/c14-6-10-2-1-3-12(4-10)16-8-13-5-11(7-15)9-17-13/h1-5,9,16H,8H2. The molecule has 17 heavy (non-hydrogen) atoms. The van der Waals surface area contributed by atoms with Gasteiger partial charge >= 0.3 is 0 Å². The van der Waals surface area contributed by atoms with E-state index >= 15 is 0 Å². The highest BCUT2D eigenvalue weighted by molar-refractivity contribution is 7.10. The molecular weight excluding hydrogens is 230 g/mol. The second kappa shape index (κ2) is 5.16. The van der Waals surface area contributed by atoms with Crippen molar-refractivity contribution < 1.29 is 0 Å². The maximum Gasteiger partial charge on any atom is 0.100 e. The number of nitriles is 2. The van der Waals surface area contributed by atoms with Gasteiger partial charge in [-0.3, -0.25) is 0 Å². The molecule has 0 aliphatic rings. The second-order valence-electron chi connectivity index (χ2n) is 3.46. The Morgan fingerprint density at radius 2 is 1.94 bits per heavy atom. The fraction of sp³-hybridized carbons (Fsp3) is 0.0769. The van der Waals surface area contributed by atoms with Crippen LogP contribution in [0.25, 0.3) is 0 Å². The van der Waals surface area contributed by atoms with E-state index in [1.165, 1.54) is 0 Å². The van der Waals surface area contributed by atoms with Crippen LogP contribution < -0.4 is 5.32 Å². The van der Waals surface area contributed by atoms with Gasteiger partial charge in [-0.2, -0.15) is 10.5 Å². The molecule has 0 amide bonds. The lowest BCUT2D eigenvalue weighted by Crippen LogP contribution is -1.97. The van der Waals surface area contributed by atoms with Gasteiger partial charge in [-0.1, -0.05) is 6.07 Å². The molecule has 0 spiro atoms. The SMILES string of the molecule is N#Cc1cccc(NCc2cc(C#N)cs2)c1. The highest BCUT2D eigenvalue weighted by Crippen LogP contribution is 2.16. The molecule has 0 bridgehead atoms. The van der Waals surface area contributed by atoms with E-state index in [1.54, 1.807) is 23.5 Å². The number of anilines is 1. The molecule has 0 aliphatic heterocycles. The van der Waals surface area contributed by atoms with Gasteiger partial charge in [0.05, 0.1) is 17.2 Å². The second-order valence-corrected chi connectivity index (χ2v) is 4.46. The van der Waals surface area contributed by atoms with Gasteiger partial charge in [-0.25, -0.2) is 0 Å². The van der Waals surface area contributed by atoms with Gasteiger partial charge in [-0.15, -0.1) is 11.3 Å². The van der Waals surface area contributed by atoms with Crippen LogP contribution >= 0.6 is 11.3 Å². The predicted octanol–water partition coefficient (Wildman–Crippen LogP) is 3.10. The van der Waals surface area contributed by atoms with E-state index in [9.17, 15) is 0 Å². The first-order valence-electron chi connectivity index (χ1n) is 5.03. The van der Waals surface area contributed by atoms with Gasteiger partial charge < -0.3 is 5.32 Å². The summed E-state index contributed by atoms with van der Waals surface area (Å²) < 4.78 is 0. The Morgan fingerprint density at radius 3 is 2.65 bits per heavy atom. The Labute approximate surface area is 104 Å². The number of rotatable bonds is 3. The van der Waals surface area contributed by atoms with Crippen LogP contribution in [0.4, 0.5) is 5.69 Å². The minimum Gasteiger partial charge on any atom is -0.380 e. The lowest BCUT2D eigenvalue weighted by Gasteiger charge is -2.04. The van der Waals surface area contributed by atoms with E-state index in [0.717, 1.165) is 10.6 Å². The summed E-state index contributed by atoms with van der Waals surface area (Å²) >= 11 is 1.55. The highest BCUT2D eigenvalue weighted by atomic mass is 32.1. The van der Waals surface area contributed by atoms with Crippen molar-refractivity contribution in [2.75, 3.05) is 5.32 Å². The third-order valence-corrected chi connectivity index (χ3v) is 3.18. The number of nitrogens with one attached hydrogen (secondary N) is 1. The molecule has 0 saturated carbocycles. The number of thiophene rings is 1. The third kappa shape index (κ3) is 2.84. The minimum atomic E-state index is 0.638. The number of hydrogen-bond donors (Lipinski definition) is 1. The van der Waals surface area contributed by atoms with Crippen molar-refractivity contribution in [1.29, 1.82) is 10.5 Å². The van der Waals surface area contributed by atoms with Crippen LogP contribution in [-0.2, 0) is 6.54 Å². The number of nitrogens with zero attached hydrogens (tertiary/aromatic N) is 2. The molecule has 0 saturated heterocycles. The summed E-state index contributed by atoms with van der Waals surface area (Å²) in [4.78, 5) is 1.10. The van der Waals surface area contributed by atoms with Gasteiger partial charge in [0.1, 0.15) is 6.07 Å². The highest BCUT2D eigenvalue weighted by Gasteiger charge is 1.99. The van der Waals surface area contributed by atoms with Crippen molar-refractivity contribution in [1.82, 2.24) is 0 Å². The van der Waals surface area contributed by atoms with Gasteiger partial charge in [0, 0.05) is 22.5 Å². The van der Waals surface area contributed by atoms with Crippen molar-refractivity contribution in [2.45, 2.75) is 6.54 Å². The first-order chi connectivity index (χ1) is 8.31. The van der Waals surface area contributed by atoms with Gasteiger partial charge in [0.25, 0.3) is 0 Å². The molecule has 0 aliphatic carbocycles. The van der Waals surface area contributed by atoms with Crippen LogP contribution in [0.5, 0.6) is 0 Å². The van der Waals surface area contributed by atoms with Crippen LogP contribution in [0.3, 0.4) is 0 Å². The molecule has 82 valence electrons. The van der Waals surface area contributed by atoms with E-state index in [4.69, 9.17) is 10.5 Å². The van der Waals surface area contributed by atoms with E-state index in [2.05, 4.69) is 17.5 Å². The molecule has 0 unspecified atom stereocenters. The Morgan fingerprint density at radius 1 is 1.12 bits per heavy atom. The maximum atomic E-state index is 8.77. The summed E-state index contributed by atoms with van der Waals surface area (Å²) in [6.07, 6.45) is 0. The fourth-order valence-electron chi connectivity index (χ4n) is 1.42. The van der Waals surface area contributed by atoms with Crippen molar-refractivity contribution in [3.63, 3.8) is 0 Å². The average Bonchev–Trinajstić information content (AvgIpc) is 2.84. The normalized spacial score (nSPS) is 9.29. The van der Waals surface area contributed by atoms with Crippen molar-refractivity contribution in [2.24, 2.45) is 0 Å². The Hall–Kier alpha value is -2.30. The summed E-state index contributed by atoms with van der Waals surface area (Å²) in [5, 5.41) is 22.5. The molecule has 4 heteroatoms. The van der Waals surface area contributed by atoms with Crippen molar-refractivity contribution in [3.05, 3.63) is 51.7 Å². The van der Waals surface area contributed by atoms with Crippen molar-refractivity contribution >= 4 is 17.0 Å². The van der Waals surface area contributed by atoms with Gasteiger partial charge in [-0.05, 0) is 24.3 Å². The van der Waals surface area contributed by atoms with Crippen LogP contribution in [0, 0.1) is 22.7 Å². The summed E-state index contributed by atoms with van der Waals surface area (Å²) in [6, 6.07) is 13.4. The van der Waals surface area contributed by atoms with E-state index < -0.39 is 0 Å². The maximum absolute atomic E-state index is 8.77. The lowest BCUT2D eigenvalue weighted by atomic mass is 10.2. The van der Waals surface area contributed by atoms with E-state index in [0.29, 0.717) is 17.7 Å². The first kappa shape index (κ1) is 11.2. The zero-order chi connectivity index (χ0) is 12.1. The zero-order valence-corrected chi connectivity index (χ0v) is 9.79. The van der Waals surface area contributed by atoms with Crippen LogP contribution in [0.15, 0.2) is 35.7 Å². The Bertz CT molecular complexity index is 602. The topological polar surface area (TPSA) is 59.6 Å². The van der Waals surface area contributed by atoms with Crippen molar-refractivity contribution in [3.8, 4) is 12.1 Å². The van der Waals surface area contributed by atoms with E-state index in [1.807, 2.05) is 23.6 Å². The summed E-state index contributed by atoms with van der Waals surface area (Å²) in [5.74, 6) is 0. The molecule has 0 atom stereocenters. The number of hydrogen-bond acceptors (Lipinski definition) is 4.